The fraction of sp³-hybridized carbons (Fsp3) is 0.208. The SMILES string of the molecule is CN(C(=O)c1ccc(Cl)nc1)c1cccc(C(=O)N(Br)c2ccc(C(F)(C(F)(F)F)C(F)(F)C(F)(F)F)cc2Br)c1F. The van der Waals surface area contributed by atoms with E-state index >= 15 is 4.39 Å². The average molecular weight is 760 g/mol. The van der Waals surface area contributed by atoms with Crippen LogP contribution in [-0.4, -0.2) is 42.1 Å². The van der Waals surface area contributed by atoms with Crippen molar-refractivity contribution in [3.63, 3.8) is 0 Å². The Morgan fingerprint density at radius 2 is 1.48 bits per heavy atom. The van der Waals surface area contributed by atoms with Gasteiger partial charge in [-0.1, -0.05) is 23.7 Å². The van der Waals surface area contributed by atoms with Gasteiger partial charge in [0.25, 0.3) is 11.8 Å². The first-order chi connectivity index (χ1) is 19.2. The van der Waals surface area contributed by atoms with Crippen molar-refractivity contribution >= 4 is 66.9 Å². The van der Waals surface area contributed by atoms with E-state index in [4.69, 9.17) is 11.6 Å². The lowest BCUT2D eigenvalue weighted by Crippen LogP contribution is -2.59. The summed E-state index contributed by atoms with van der Waals surface area (Å²) in [5, 5.41) is 0.0780. The molecule has 2 aromatic carbocycles. The molecule has 0 saturated carbocycles. The highest BCUT2D eigenvalue weighted by molar-refractivity contribution is 9.11. The van der Waals surface area contributed by atoms with Gasteiger partial charge in [0.05, 0.1) is 38.6 Å². The van der Waals surface area contributed by atoms with Crippen molar-refractivity contribution in [2.75, 3.05) is 15.9 Å². The number of pyridine rings is 1. The van der Waals surface area contributed by atoms with E-state index < -0.39 is 68.5 Å². The van der Waals surface area contributed by atoms with Gasteiger partial charge in [0.2, 0.25) is 0 Å². The number of hydrogen-bond acceptors (Lipinski definition) is 3. The molecule has 0 saturated heterocycles. The van der Waals surface area contributed by atoms with Crippen LogP contribution in [0.4, 0.5) is 55.3 Å². The molecule has 0 aliphatic rings. The van der Waals surface area contributed by atoms with Crippen molar-refractivity contribution in [3.05, 3.63) is 86.9 Å². The Bertz CT molecular complexity index is 1520. The van der Waals surface area contributed by atoms with Gasteiger partial charge in [-0.25, -0.2) is 17.7 Å². The van der Waals surface area contributed by atoms with Gasteiger partial charge in [-0.05, 0) is 52.3 Å². The van der Waals surface area contributed by atoms with Gasteiger partial charge in [0, 0.05) is 23.3 Å². The van der Waals surface area contributed by atoms with Crippen LogP contribution < -0.4 is 8.83 Å². The Morgan fingerprint density at radius 3 is 1.98 bits per heavy atom. The minimum Gasteiger partial charge on any atom is -0.309 e. The quantitative estimate of drug-likeness (QED) is 0.144. The maximum atomic E-state index is 15.4. The number of hydrogen-bond donors (Lipinski definition) is 0. The number of rotatable bonds is 6. The average Bonchev–Trinajstić information content (AvgIpc) is 2.90. The summed E-state index contributed by atoms with van der Waals surface area (Å²) in [6.45, 7) is 0. The topological polar surface area (TPSA) is 53.5 Å². The zero-order valence-electron chi connectivity index (χ0n) is 20.3. The third-order valence-corrected chi connectivity index (χ3v) is 7.33. The molecule has 0 spiro atoms. The summed E-state index contributed by atoms with van der Waals surface area (Å²) in [6, 6.07) is 6.24. The minimum atomic E-state index is -6.93. The summed E-state index contributed by atoms with van der Waals surface area (Å²) in [6.07, 6.45) is -12.5. The highest BCUT2D eigenvalue weighted by Crippen LogP contribution is 2.58. The van der Waals surface area contributed by atoms with E-state index in [1.54, 1.807) is 0 Å². The Balaban J connectivity index is 1.99. The number of amides is 2. The molecule has 18 heteroatoms. The molecule has 2 amide bonds. The Morgan fingerprint density at radius 1 is 0.857 bits per heavy atom. The summed E-state index contributed by atoms with van der Waals surface area (Å²) >= 11 is 11.0. The predicted molar refractivity (Wildman–Crippen MR) is 138 cm³/mol. The molecule has 1 unspecified atom stereocenters. The van der Waals surface area contributed by atoms with Gasteiger partial charge >= 0.3 is 23.9 Å². The van der Waals surface area contributed by atoms with Crippen molar-refractivity contribution in [3.8, 4) is 0 Å². The van der Waals surface area contributed by atoms with Crippen LogP contribution in [-0.2, 0) is 5.67 Å². The lowest BCUT2D eigenvalue weighted by atomic mass is 9.87. The van der Waals surface area contributed by atoms with E-state index in [0.29, 0.717) is 9.99 Å². The van der Waals surface area contributed by atoms with Crippen LogP contribution in [0.5, 0.6) is 0 Å². The molecule has 0 aliphatic heterocycles. The second-order valence-electron chi connectivity index (χ2n) is 8.35. The number of carbonyl (C=O) groups is 2. The summed E-state index contributed by atoms with van der Waals surface area (Å²) in [4.78, 5) is 30.4. The van der Waals surface area contributed by atoms with E-state index in [2.05, 4.69) is 37.1 Å². The number of anilines is 2. The number of carbonyl (C=O) groups excluding carboxylic acids is 2. The number of halogens is 13. The molecule has 0 N–H and O–H groups in total. The normalized spacial score (nSPS) is 13.9. The largest absolute Gasteiger partial charge is 0.457 e. The van der Waals surface area contributed by atoms with Crippen LogP contribution in [0.1, 0.15) is 26.3 Å². The molecule has 3 rings (SSSR count). The highest BCUT2D eigenvalue weighted by atomic mass is 79.9. The molecule has 5 nitrogen and oxygen atoms in total. The zero-order chi connectivity index (χ0) is 32.0. The molecular weight excluding hydrogens is 748 g/mol. The zero-order valence-corrected chi connectivity index (χ0v) is 24.2. The van der Waals surface area contributed by atoms with Crippen molar-refractivity contribution in [1.29, 1.82) is 0 Å². The molecule has 1 atom stereocenters. The molecule has 0 aliphatic carbocycles. The fourth-order valence-electron chi connectivity index (χ4n) is 3.56. The molecule has 1 heterocycles. The van der Waals surface area contributed by atoms with Crippen LogP contribution in [0.3, 0.4) is 0 Å². The first kappa shape index (κ1) is 33.6. The van der Waals surface area contributed by atoms with Crippen molar-refractivity contribution < 1.29 is 53.5 Å². The van der Waals surface area contributed by atoms with Crippen LogP contribution in [0.25, 0.3) is 0 Å². The maximum absolute atomic E-state index is 15.4. The van der Waals surface area contributed by atoms with E-state index in [0.717, 1.165) is 23.2 Å². The lowest BCUT2D eigenvalue weighted by molar-refractivity contribution is -0.389. The predicted octanol–water partition coefficient (Wildman–Crippen LogP) is 8.79. The van der Waals surface area contributed by atoms with Gasteiger partial charge in [-0.15, -0.1) is 0 Å². The van der Waals surface area contributed by atoms with Gasteiger partial charge < -0.3 is 4.90 Å². The Hall–Kier alpha value is -2.92. The third kappa shape index (κ3) is 5.82. The summed E-state index contributed by atoms with van der Waals surface area (Å²) in [5.41, 5.74) is -10.00. The van der Waals surface area contributed by atoms with Crippen LogP contribution in [0, 0.1) is 5.82 Å². The number of aromatic nitrogens is 1. The van der Waals surface area contributed by atoms with E-state index in [9.17, 15) is 49.1 Å². The molecule has 0 radical (unpaired) electrons. The van der Waals surface area contributed by atoms with Gasteiger partial charge in [0.15, 0.2) is 5.82 Å². The third-order valence-electron chi connectivity index (χ3n) is 5.76. The van der Waals surface area contributed by atoms with Gasteiger partial charge in [0.1, 0.15) is 5.15 Å². The first-order valence-corrected chi connectivity index (χ1v) is 12.7. The standard InChI is InChI=1S/C24H12Br2ClF10N3O2/c1-39(19(41)11-5-8-17(27)38-10-11)16-4-2-3-13(18(16)28)20(42)40(26)15-7-6-12(9-14(15)25)21(29,23(32,33)34)22(30,31)24(35,36)37/h2-10H,1H3. The maximum Gasteiger partial charge on any atom is 0.457 e. The van der Waals surface area contributed by atoms with Crippen molar-refractivity contribution in [1.82, 2.24) is 4.98 Å². The second kappa shape index (κ2) is 11.6. The molecule has 42 heavy (non-hydrogen) atoms. The van der Waals surface area contributed by atoms with Crippen LogP contribution >= 0.6 is 43.7 Å². The first-order valence-electron chi connectivity index (χ1n) is 10.8. The molecule has 0 fully saturated rings. The molecule has 1 aromatic heterocycles. The molecule has 226 valence electrons. The van der Waals surface area contributed by atoms with E-state index in [-0.39, 0.29) is 22.8 Å². The van der Waals surface area contributed by atoms with E-state index in [1.165, 1.54) is 25.2 Å². The second-order valence-corrected chi connectivity index (χ2v) is 10.3. The lowest BCUT2D eigenvalue weighted by Gasteiger charge is -2.36. The summed E-state index contributed by atoms with van der Waals surface area (Å²) in [5.74, 6) is -10.2. The summed E-state index contributed by atoms with van der Waals surface area (Å²) < 4.78 is 136. The Labute approximate surface area is 251 Å². The highest BCUT2D eigenvalue weighted by Gasteiger charge is 2.81. The molecular formula is C24H12Br2ClF10N3O2. The number of alkyl halides is 9. The smallest absolute Gasteiger partial charge is 0.309 e. The molecule has 0 bridgehead atoms. The van der Waals surface area contributed by atoms with Crippen LogP contribution in [0.15, 0.2) is 59.2 Å². The van der Waals surface area contributed by atoms with Gasteiger partial charge in [-0.3, -0.25) is 9.59 Å². The number of benzene rings is 2. The fourth-order valence-corrected chi connectivity index (χ4v) is 4.97. The van der Waals surface area contributed by atoms with Crippen molar-refractivity contribution in [2.45, 2.75) is 23.9 Å². The molecule has 3 aromatic rings. The minimum absolute atomic E-state index is 0.00284. The Kier molecular flexibility index (Phi) is 9.30. The van der Waals surface area contributed by atoms with E-state index in [1.807, 2.05) is 0 Å². The van der Waals surface area contributed by atoms with Crippen molar-refractivity contribution in [2.24, 2.45) is 0 Å². The number of nitrogens with zero attached hydrogens (tertiary/aromatic N) is 3. The monoisotopic (exact) mass is 757 g/mol. The summed E-state index contributed by atoms with van der Waals surface area (Å²) in [7, 11) is 1.17. The van der Waals surface area contributed by atoms with Gasteiger partial charge in [-0.2, -0.15) is 35.1 Å². The van der Waals surface area contributed by atoms with Crippen LogP contribution in [0.2, 0.25) is 5.15 Å².